The van der Waals surface area contributed by atoms with Gasteiger partial charge in [-0.25, -0.2) is 18.3 Å². The lowest BCUT2D eigenvalue weighted by atomic mass is 10.0. The molecule has 214 valence electrons. The molecule has 0 saturated carbocycles. The molecule has 3 heterocycles. The quantitative estimate of drug-likeness (QED) is 0.332. The van der Waals surface area contributed by atoms with Crippen molar-refractivity contribution in [2.75, 3.05) is 18.4 Å². The number of pyridine rings is 1. The van der Waals surface area contributed by atoms with E-state index < -0.39 is 29.8 Å². The average molecular weight is 565 g/mol. The van der Waals surface area contributed by atoms with Gasteiger partial charge in [-0.15, -0.1) is 5.10 Å². The van der Waals surface area contributed by atoms with Crippen molar-refractivity contribution in [2.24, 2.45) is 7.05 Å². The maximum atomic E-state index is 14.0. The molecule has 2 aromatic carbocycles. The number of carbonyl (C=O) groups excluding carboxylic acids is 1. The van der Waals surface area contributed by atoms with E-state index in [1.807, 2.05) is 44.3 Å². The fourth-order valence-corrected chi connectivity index (χ4v) is 4.61. The number of aromatic nitrogens is 3. The summed E-state index contributed by atoms with van der Waals surface area (Å²) >= 11 is 0. The number of rotatable bonds is 8. The molecule has 5 rings (SSSR count). The van der Waals surface area contributed by atoms with E-state index in [2.05, 4.69) is 15.7 Å². The van der Waals surface area contributed by atoms with Crippen molar-refractivity contribution < 1.29 is 23.1 Å². The van der Waals surface area contributed by atoms with Crippen LogP contribution in [-0.4, -0.2) is 44.6 Å². The van der Waals surface area contributed by atoms with Gasteiger partial charge in [-0.1, -0.05) is 31.2 Å². The molecule has 1 saturated heterocycles. The van der Waals surface area contributed by atoms with E-state index in [0.717, 1.165) is 12.1 Å². The lowest BCUT2D eigenvalue weighted by molar-refractivity contribution is -0.144. The van der Waals surface area contributed by atoms with Gasteiger partial charge in [0.2, 0.25) is 5.88 Å². The Kier molecular flexibility index (Phi) is 8.13. The van der Waals surface area contributed by atoms with Crippen LogP contribution in [0.3, 0.4) is 0 Å². The molecular weight excluding hydrogens is 534 g/mol. The second-order valence-corrected chi connectivity index (χ2v) is 9.66. The van der Waals surface area contributed by atoms with Crippen LogP contribution < -0.4 is 20.8 Å². The van der Waals surface area contributed by atoms with Gasteiger partial charge in [0.1, 0.15) is 18.5 Å². The minimum Gasteiger partial charge on any atom is -0.470 e. The molecule has 0 aliphatic carbocycles. The maximum Gasteiger partial charge on any atom is 0.320 e. The van der Waals surface area contributed by atoms with Crippen LogP contribution >= 0.6 is 0 Å². The minimum atomic E-state index is -0.991. The molecule has 10 nitrogen and oxygen atoms in total. The highest BCUT2D eigenvalue weighted by Crippen LogP contribution is 2.31. The zero-order valence-electron chi connectivity index (χ0n) is 22.8. The number of anilines is 1. The Bertz CT molecular complexity index is 1610. The zero-order valence-corrected chi connectivity index (χ0v) is 22.8. The molecule has 1 aliphatic heterocycles. The topological polar surface area (TPSA) is 103 Å². The molecule has 1 fully saturated rings. The second-order valence-electron chi connectivity index (χ2n) is 9.66. The highest BCUT2D eigenvalue weighted by molar-refractivity contribution is 5.90. The predicted octanol–water partition coefficient (Wildman–Crippen LogP) is 4.24. The highest BCUT2D eigenvalue weighted by atomic mass is 19.2. The minimum absolute atomic E-state index is 0.0903. The number of nitrogens with zero attached hydrogens (tertiary/aromatic N) is 4. The van der Waals surface area contributed by atoms with Crippen molar-refractivity contribution in [3.8, 4) is 11.6 Å². The molecule has 0 radical (unpaired) electrons. The maximum absolute atomic E-state index is 14.0. The van der Waals surface area contributed by atoms with Crippen LogP contribution in [0.15, 0.2) is 71.7 Å². The van der Waals surface area contributed by atoms with Crippen LogP contribution in [0.5, 0.6) is 5.88 Å². The third kappa shape index (κ3) is 6.13. The number of urea groups is 1. The summed E-state index contributed by atoms with van der Waals surface area (Å²) in [5.41, 5.74) is 2.19. The van der Waals surface area contributed by atoms with Gasteiger partial charge in [-0.2, -0.15) is 5.06 Å². The van der Waals surface area contributed by atoms with Gasteiger partial charge < -0.3 is 14.6 Å². The summed E-state index contributed by atoms with van der Waals surface area (Å²) < 4.78 is 36.8. The first-order valence-electron chi connectivity index (χ1n) is 13.1. The van der Waals surface area contributed by atoms with Gasteiger partial charge in [0.15, 0.2) is 17.1 Å². The molecule has 0 bridgehead atoms. The van der Waals surface area contributed by atoms with Crippen LogP contribution in [-0.2, 0) is 18.5 Å². The molecule has 4 aromatic rings. The van der Waals surface area contributed by atoms with Crippen molar-refractivity contribution in [2.45, 2.75) is 32.6 Å². The van der Waals surface area contributed by atoms with Crippen LogP contribution in [0.1, 0.15) is 29.8 Å². The number of aryl methyl sites for hydroxylation is 1. The van der Waals surface area contributed by atoms with Gasteiger partial charge in [0, 0.05) is 38.5 Å². The number of nitrogens with one attached hydrogen (secondary N) is 2. The Balaban J connectivity index is 1.39. The molecule has 0 unspecified atom stereocenters. The van der Waals surface area contributed by atoms with Crippen molar-refractivity contribution in [3.05, 3.63) is 106 Å². The first-order valence-corrected chi connectivity index (χ1v) is 13.1. The smallest absolute Gasteiger partial charge is 0.320 e. The summed E-state index contributed by atoms with van der Waals surface area (Å²) in [4.78, 5) is 31.0. The molecule has 0 spiro atoms. The lowest BCUT2D eigenvalue weighted by Gasteiger charge is -2.19. The Morgan fingerprint density at radius 1 is 1.12 bits per heavy atom. The van der Waals surface area contributed by atoms with E-state index >= 15 is 0 Å². The molecule has 2 aromatic heterocycles. The van der Waals surface area contributed by atoms with Gasteiger partial charge in [0.05, 0.1) is 23.0 Å². The number of amides is 2. The van der Waals surface area contributed by atoms with Crippen molar-refractivity contribution >= 4 is 11.8 Å². The summed E-state index contributed by atoms with van der Waals surface area (Å²) in [6.45, 7) is 4.62. The number of carbonyl (C=O) groups is 1. The number of benzene rings is 2. The van der Waals surface area contributed by atoms with E-state index in [1.165, 1.54) is 18.2 Å². The van der Waals surface area contributed by atoms with Crippen molar-refractivity contribution in [1.82, 2.24) is 24.7 Å². The standard InChI is InChI=1S/C29H30F2N6O4/c1-4-36-16-25(26(41-36)19-10-11-23(30)24(31)14-19)32-29(39)33-27-18(2)28(34-37(27)20-8-6-5-7-9-20)40-17-21-15-22(38)12-13-35(21)3/h5-15,25-26H,4,16-17H2,1-3H3,(H2,32,33,39)/t25-,26+/m1/s1. The highest BCUT2D eigenvalue weighted by Gasteiger charge is 2.36. The molecule has 2 atom stereocenters. The number of hydrogen-bond donors (Lipinski definition) is 2. The fourth-order valence-electron chi connectivity index (χ4n) is 4.61. The first kappa shape index (κ1) is 28.0. The van der Waals surface area contributed by atoms with Crippen molar-refractivity contribution in [1.29, 1.82) is 0 Å². The molecule has 12 heteroatoms. The second kappa shape index (κ2) is 11.9. The molecule has 1 aliphatic rings. The first-order chi connectivity index (χ1) is 19.7. The molecular formula is C29H30F2N6O4. The zero-order chi connectivity index (χ0) is 29.1. The third-order valence-electron chi connectivity index (χ3n) is 6.86. The number of ether oxygens (including phenoxy) is 1. The van der Waals surface area contributed by atoms with Crippen LogP contribution in [0.25, 0.3) is 5.69 Å². The molecule has 41 heavy (non-hydrogen) atoms. The third-order valence-corrected chi connectivity index (χ3v) is 6.86. The SMILES string of the molecule is CCN1C[C@@H](NC(=O)Nc2c(C)c(OCc3cc(=O)ccn3C)nn2-c2ccccc2)[C@H](c2ccc(F)c(F)c2)O1. The fraction of sp³-hybridized carbons (Fsp3) is 0.276. The van der Waals surface area contributed by atoms with Crippen LogP contribution in [0, 0.1) is 18.6 Å². The van der Waals surface area contributed by atoms with Gasteiger partial charge in [0.25, 0.3) is 0 Å². The van der Waals surface area contributed by atoms with E-state index in [-0.39, 0.29) is 17.9 Å². The Morgan fingerprint density at radius 2 is 1.90 bits per heavy atom. The Hall–Kier alpha value is -4.55. The van der Waals surface area contributed by atoms with Crippen LogP contribution in [0.4, 0.5) is 19.4 Å². The Morgan fingerprint density at radius 3 is 2.63 bits per heavy atom. The summed E-state index contributed by atoms with van der Waals surface area (Å²) in [5.74, 6) is -1.30. The van der Waals surface area contributed by atoms with E-state index in [1.54, 1.807) is 27.4 Å². The van der Waals surface area contributed by atoms with Crippen LogP contribution in [0.2, 0.25) is 0 Å². The summed E-state index contributed by atoms with van der Waals surface area (Å²) in [6.07, 6.45) is 0.945. The van der Waals surface area contributed by atoms with Crippen molar-refractivity contribution in [3.63, 3.8) is 0 Å². The number of likely N-dealkylation sites (N-methyl/N-ethyl adjacent to an activating group) is 1. The lowest BCUT2D eigenvalue weighted by Crippen LogP contribution is -2.42. The summed E-state index contributed by atoms with van der Waals surface area (Å²) in [7, 11) is 1.81. The Labute approximate surface area is 235 Å². The van der Waals surface area contributed by atoms with E-state index in [0.29, 0.717) is 41.4 Å². The molecule has 2 N–H and O–H groups in total. The molecule has 2 amide bonds. The summed E-state index contributed by atoms with van der Waals surface area (Å²) in [5, 5.41) is 12.0. The van der Waals surface area contributed by atoms with E-state index in [9.17, 15) is 18.4 Å². The number of hydrogen-bond acceptors (Lipinski definition) is 6. The van der Waals surface area contributed by atoms with Gasteiger partial charge in [-0.3, -0.25) is 14.9 Å². The normalized spacial score (nSPS) is 17.0. The van der Waals surface area contributed by atoms with Gasteiger partial charge in [-0.05, 0) is 36.8 Å². The monoisotopic (exact) mass is 564 g/mol. The predicted molar refractivity (Wildman–Crippen MR) is 148 cm³/mol. The number of hydroxylamine groups is 2. The number of halogens is 2. The summed E-state index contributed by atoms with van der Waals surface area (Å²) in [6, 6.07) is 14.6. The largest absolute Gasteiger partial charge is 0.470 e. The van der Waals surface area contributed by atoms with E-state index in [4.69, 9.17) is 9.57 Å². The average Bonchev–Trinajstić information content (AvgIpc) is 3.51. The van der Waals surface area contributed by atoms with Gasteiger partial charge >= 0.3 is 6.03 Å². The number of para-hydroxylation sites is 1.